The van der Waals surface area contributed by atoms with Crippen molar-refractivity contribution in [3.63, 3.8) is 0 Å². The molecule has 0 spiro atoms. The maximum atomic E-state index is 5.32. The summed E-state index contributed by atoms with van der Waals surface area (Å²) in [7, 11) is 5.24. The molecule has 0 bridgehead atoms. The largest absolute Gasteiger partial charge is 0.497 e. The first-order chi connectivity index (χ1) is 14.7. The van der Waals surface area contributed by atoms with E-state index in [4.69, 9.17) is 9.47 Å². The van der Waals surface area contributed by atoms with E-state index in [1.54, 1.807) is 14.2 Å². The highest BCUT2D eigenvalue weighted by molar-refractivity contribution is 5.79. The maximum absolute atomic E-state index is 5.32. The van der Waals surface area contributed by atoms with Crippen molar-refractivity contribution in [3.8, 4) is 5.75 Å². The summed E-state index contributed by atoms with van der Waals surface area (Å²) in [6, 6.07) is 17.0. The van der Waals surface area contributed by atoms with E-state index in [1.165, 1.54) is 29.5 Å². The van der Waals surface area contributed by atoms with Gasteiger partial charge in [-0.2, -0.15) is 0 Å². The molecule has 1 heterocycles. The number of ether oxygens (including phenoxy) is 2. The van der Waals surface area contributed by atoms with Crippen molar-refractivity contribution in [1.82, 2.24) is 15.5 Å². The second-order valence-electron chi connectivity index (χ2n) is 7.54. The van der Waals surface area contributed by atoms with E-state index < -0.39 is 0 Å². The molecule has 1 unspecified atom stereocenters. The molecule has 0 amide bonds. The third-order valence-corrected chi connectivity index (χ3v) is 5.63. The third kappa shape index (κ3) is 5.97. The second-order valence-corrected chi connectivity index (χ2v) is 7.54. The van der Waals surface area contributed by atoms with Gasteiger partial charge in [-0.25, -0.2) is 0 Å². The molecule has 2 aromatic rings. The average Bonchev–Trinajstić information content (AvgIpc) is 3.32. The van der Waals surface area contributed by atoms with Crippen LogP contribution in [0.15, 0.2) is 53.5 Å². The molecule has 0 aromatic heterocycles. The lowest BCUT2D eigenvalue weighted by atomic mass is 10.1. The Morgan fingerprint density at radius 2 is 1.70 bits per heavy atom. The predicted octanol–water partition coefficient (Wildman–Crippen LogP) is 3.34. The predicted molar refractivity (Wildman–Crippen MR) is 122 cm³/mol. The number of likely N-dealkylation sites (tertiary alicyclic amines) is 1. The Labute approximate surface area is 180 Å². The summed E-state index contributed by atoms with van der Waals surface area (Å²) in [5, 5.41) is 6.97. The summed E-state index contributed by atoms with van der Waals surface area (Å²) in [6.07, 6.45) is 2.52. The summed E-state index contributed by atoms with van der Waals surface area (Å²) < 4.78 is 10.6. The molecule has 6 nitrogen and oxygen atoms in total. The van der Waals surface area contributed by atoms with Crippen molar-refractivity contribution < 1.29 is 9.47 Å². The molecule has 30 heavy (non-hydrogen) atoms. The Kier molecular flexibility index (Phi) is 8.53. The van der Waals surface area contributed by atoms with E-state index in [1.807, 2.05) is 25.2 Å². The second kappa shape index (κ2) is 11.6. The lowest BCUT2D eigenvalue weighted by molar-refractivity contribution is 0.184. The number of hydrogen-bond acceptors (Lipinski definition) is 4. The Bertz CT molecular complexity index is 801. The number of benzene rings is 2. The lowest BCUT2D eigenvalue weighted by Crippen LogP contribution is -2.42. The molecule has 1 atom stereocenters. The van der Waals surface area contributed by atoms with Crippen molar-refractivity contribution in [3.05, 3.63) is 65.2 Å². The van der Waals surface area contributed by atoms with Crippen molar-refractivity contribution in [2.75, 3.05) is 40.9 Å². The quantitative estimate of drug-likeness (QED) is 0.490. The minimum Gasteiger partial charge on any atom is -0.497 e. The van der Waals surface area contributed by atoms with E-state index in [9.17, 15) is 0 Å². The van der Waals surface area contributed by atoms with Crippen molar-refractivity contribution in [2.24, 2.45) is 4.99 Å². The monoisotopic (exact) mass is 410 g/mol. The Hall–Kier alpha value is -2.57. The van der Waals surface area contributed by atoms with Gasteiger partial charge in [0, 0.05) is 27.2 Å². The Morgan fingerprint density at radius 3 is 2.33 bits per heavy atom. The molecule has 1 aliphatic rings. The van der Waals surface area contributed by atoms with Crippen LogP contribution in [0.25, 0.3) is 0 Å². The maximum Gasteiger partial charge on any atom is 0.191 e. The van der Waals surface area contributed by atoms with Crippen molar-refractivity contribution >= 4 is 5.96 Å². The highest BCUT2D eigenvalue weighted by Crippen LogP contribution is 2.26. The van der Waals surface area contributed by atoms with Crippen molar-refractivity contribution in [2.45, 2.75) is 32.0 Å². The van der Waals surface area contributed by atoms with E-state index in [0.717, 1.165) is 31.3 Å². The van der Waals surface area contributed by atoms with Gasteiger partial charge in [-0.15, -0.1) is 0 Å². The number of nitrogens with zero attached hydrogens (tertiary/aromatic N) is 2. The molecule has 0 aliphatic carbocycles. The van der Waals surface area contributed by atoms with Crippen LogP contribution in [0.3, 0.4) is 0 Å². The summed E-state index contributed by atoms with van der Waals surface area (Å²) >= 11 is 0. The number of aliphatic imine (C=N–C) groups is 1. The van der Waals surface area contributed by atoms with Crippen LogP contribution in [0.4, 0.5) is 0 Å². The van der Waals surface area contributed by atoms with Crippen LogP contribution in [0.5, 0.6) is 5.75 Å². The van der Waals surface area contributed by atoms with Gasteiger partial charge >= 0.3 is 0 Å². The van der Waals surface area contributed by atoms with Crippen molar-refractivity contribution in [1.29, 1.82) is 0 Å². The minimum absolute atomic E-state index is 0.303. The molecule has 1 fully saturated rings. The average molecular weight is 411 g/mol. The van der Waals surface area contributed by atoms with Crippen LogP contribution in [0.1, 0.15) is 35.6 Å². The van der Waals surface area contributed by atoms with Crippen LogP contribution in [0, 0.1) is 0 Å². The Balaban J connectivity index is 1.63. The van der Waals surface area contributed by atoms with Gasteiger partial charge in [0.05, 0.1) is 19.8 Å². The molecule has 2 aromatic carbocycles. The van der Waals surface area contributed by atoms with Gasteiger partial charge in [0.2, 0.25) is 0 Å². The molecule has 1 aliphatic heterocycles. The first kappa shape index (κ1) is 22.1. The van der Waals surface area contributed by atoms with E-state index in [-0.39, 0.29) is 0 Å². The van der Waals surface area contributed by atoms with E-state index in [2.05, 4.69) is 50.9 Å². The SMILES string of the molecule is CN=C(NCc1ccccc1COC)NCC(c1ccc(OC)cc1)N1CCCC1. The smallest absolute Gasteiger partial charge is 0.191 e. The van der Waals surface area contributed by atoms with Gasteiger partial charge in [0.15, 0.2) is 5.96 Å². The highest BCUT2D eigenvalue weighted by atomic mass is 16.5. The molecule has 1 saturated heterocycles. The summed E-state index contributed by atoms with van der Waals surface area (Å²) in [5.41, 5.74) is 3.70. The number of guanidine groups is 1. The molecule has 3 rings (SSSR count). The van der Waals surface area contributed by atoms with E-state index in [0.29, 0.717) is 19.2 Å². The van der Waals surface area contributed by atoms with E-state index >= 15 is 0 Å². The van der Waals surface area contributed by atoms with Gasteiger partial charge in [0.25, 0.3) is 0 Å². The zero-order valence-corrected chi connectivity index (χ0v) is 18.4. The fourth-order valence-corrected chi connectivity index (χ4v) is 3.96. The number of rotatable bonds is 9. The summed E-state index contributed by atoms with van der Waals surface area (Å²) in [6.45, 7) is 4.38. The first-order valence-corrected chi connectivity index (χ1v) is 10.6. The van der Waals surface area contributed by atoms with Gasteiger partial charge in [0.1, 0.15) is 5.75 Å². The van der Waals surface area contributed by atoms with Crippen LogP contribution in [0.2, 0.25) is 0 Å². The van der Waals surface area contributed by atoms with Crippen LogP contribution < -0.4 is 15.4 Å². The molecule has 162 valence electrons. The summed E-state index contributed by atoms with van der Waals surface area (Å²) in [4.78, 5) is 6.97. The number of hydrogen-bond donors (Lipinski definition) is 2. The minimum atomic E-state index is 0.303. The lowest BCUT2D eigenvalue weighted by Gasteiger charge is -2.29. The molecular weight excluding hydrogens is 376 g/mol. The fraction of sp³-hybridized carbons (Fsp3) is 0.458. The summed E-state index contributed by atoms with van der Waals surface area (Å²) in [5.74, 6) is 1.69. The number of methoxy groups -OCH3 is 2. The molecule has 0 radical (unpaired) electrons. The molecular formula is C24H34N4O2. The van der Waals surface area contributed by atoms with Crippen LogP contribution >= 0.6 is 0 Å². The zero-order chi connectivity index (χ0) is 21.2. The van der Waals surface area contributed by atoms with Gasteiger partial charge in [-0.05, 0) is 54.8 Å². The third-order valence-electron chi connectivity index (χ3n) is 5.63. The molecule has 6 heteroatoms. The van der Waals surface area contributed by atoms with Crippen LogP contribution in [-0.2, 0) is 17.9 Å². The topological polar surface area (TPSA) is 58.1 Å². The van der Waals surface area contributed by atoms with Crippen LogP contribution in [-0.4, -0.2) is 51.8 Å². The first-order valence-electron chi connectivity index (χ1n) is 10.6. The standard InChI is InChI=1S/C24H34N4O2/c1-25-24(26-16-20-8-4-5-9-21(20)18-29-2)27-17-23(28-14-6-7-15-28)19-10-12-22(30-3)13-11-19/h4-5,8-13,23H,6-7,14-18H2,1-3H3,(H2,25,26,27). The van der Waals surface area contributed by atoms with Gasteiger partial charge in [-0.3, -0.25) is 9.89 Å². The zero-order valence-electron chi connectivity index (χ0n) is 18.4. The number of nitrogens with one attached hydrogen (secondary N) is 2. The molecule has 0 saturated carbocycles. The van der Waals surface area contributed by atoms with Gasteiger partial charge < -0.3 is 20.1 Å². The normalized spacial score (nSPS) is 15.8. The molecule has 2 N–H and O–H groups in total. The highest BCUT2D eigenvalue weighted by Gasteiger charge is 2.23. The van der Waals surface area contributed by atoms with Gasteiger partial charge in [-0.1, -0.05) is 36.4 Å². The Morgan fingerprint density at radius 1 is 1.00 bits per heavy atom. The fourth-order valence-electron chi connectivity index (χ4n) is 3.96.